The van der Waals surface area contributed by atoms with Gasteiger partial charge in [-0.3, -0.25) is 14.4 Å². The maximum atomic E-state index is 11.3. The first-order chi connectivity index (χ1) is 17.2. The number of hydrogen-bond donors (Lipinski definition) is 5. The van der Waals surface area contributed by atoms with Crippen LogP contribution in [0.1, 0.15) is 12.8 Å². The summed E-state index contributed by atoms with van der Waals surface area (Å²) in [6.45, 7) is -0.480. The van der Waals surface area contributed by atoms with Gasteiger partial charge in [0, 0.05) is 13.1 Å². The molecule has 0 amide bonds. The van der Waals surface area contributed by atoms with Crippen LogP contribution in [0.2, 0.25) is 0 Å². The van der Waals surface area contributed by atoms with Gasteiger partial charge in [-0.25, -0.2) is 0 Å². The lowest BCUT2D eigenvalue weighted by molar-refractivity contribution is -0.138. The molecule has 0 aliphatic heterocycles. The number of ether oxygens (including phenoxy) is 2. The largest absolute Gasteiger partial charge is 0.488 e. The molecule has 0 radical (unpaired) electrons. The molecule has 12 nitrogen and oxygen atoms in total. The molecule has 0 fully saturated rings. The van der Waals surface area contributed by atoms with Crippen molar-refractivity contribution in [1.82, 2.24) is 0 Å². The number of para-hydroxylation sites is 4. The quantitative estimate of drug-likeness (QED) is 0.153. The van der Waals surface area contributed by atoms with Gasteiger partial charge in [0.1, 0.15) is 31.3 Å². The van der Waals surface area contributed by atoms with E-state index in [1.807, 2.05) is 0 Å². The van der Waals surface area contributed by atoms with E-state index in [2.05, 4.69) is 0 Å². The second-order valence-electron chi connectivity index (χ2n) is 7.66. The van der Waals surface area contributed by atoms with Gasteiger partial charge in [-0.2, -0.15) is 0 Å². The van der Waals surface area contributed by atoms with E-state index in [0.29, 0.717) is 22.9 Å². The van der Waals surface area contributed by atoms with Gasteiger partial charge in [-0.1, -0.05) is 24.3 Å². The third kappa shape index (κ3) is 9.68. The monoisotopic (exact) mass is 506 g/mol. The van der Waals surface area contributed by atoms with Crippen molar-refractivity contribution < 1.29 is 49.4 Å². The van der Waals surface area contributed by atoms with E-state index in [9.17, 15) is 29.7 Å². The van der Waals surface area contributed by atoms with Crippen LogP contribution in [0.25, 0.3) is 0 Å². The summed E-state index contributed by atoms with van der Waals surface area (Å²) >= 11 is 0. The average molecular weight is 507 g/mol. The minimum atomic E-state index is -1.68. The first-order valence-corrected chi connectivity index (χ1v) is 11.1. The standard InChI is InChI=1S/C24H30N2O10/c27-21(28)9-11-25(15-23(31)32)17-5-1-3-7-19(17)35-13-14-36-20-8-4-2-6-18(20)26(16-24(33)34)12-10-22(29)30/h1-8,23,31-32H,9-16H2,(H,27,28)(H,29,30)(H,33,34). The Bertz CT molecular complexity index is 1010. The number of anilines is 2. The number of carboxylic acid groups (broad SMARTS) is 3. The predicted molar refractivity (Wildman–Crippen MR) is 129 cm³/mol. The van der Waals surface area contributed by atoms with Crippen molar-refractivity contribution in [2.75, 3.05) is 49.2 Å². The van der Waals surface area contributed by atoms with Crippen LogP contribution in [0.5, 0.6) is 11.5 Å². The average Bonchev–Trinajstić information content (AvgIpc) is 2.82. The highest BCUT2D eigenvalue weighted by Gasteiger charge is 2.18. The molecule has 0 aliphatic carbocycles. The maximum absolute atomic E-state index is 11.3. The highest BCUT2D eigenvalue weighted by Crippen LogP contribution is 2.30. The fourth-order valence-electron chi connectivity index (χ4n) is 3.40. The van der Waals surface area contributed by atoms with Crippen LogP contribution < -0.4 is 19.3 Å². The fraction of sp³-hybridized carbons (Fsp3) is 0.375. The number of carboxylic acids is 3. The fourth-order valence-corrected chi connectivity index (χ4v) is 3.40. The minimum absolute atomic E-state index is 0.0191. The Labute approximate surface area is 207 Å². The highest BCUT2D eigenvalue weighted by atomic mass is 16.5. The second-order valence-corrected chi connectivity index (χ2v) is 7.66. The zero-order valence-electron chi connectivity index (χ0n) is 19.5. The Morgan fingerprint density at radius 3 is 1.58 bits per heavy atom. The molecular formula is C24H30N2O10. The van der Waals surface area contributed by atoms with E-state index < -0.39 is 30.7 Å². The summed E-state index contributed by atoms with van der Waals surface area (Å²) in [7, 11) is 0. The molecule has 2 rings (SSSR count). The van der Waals surface area contributed by atoms with Gasteiger partial charge < -0.3 is 44.8 Å². The van der Waals surface area contributed by atoms with Gasteiger partial charge in [0.15, 0.2) is 6.29 Å². The van der Waals surface area contributed by atoms with Crippen LogP contribution >= 0.6 is 0 Å². The summed E-state index contributed by atoms with van der Waals surface area (Å²) in [6, 6.07) is 13.4. The Morgan fingerprint density at radius 2 is 1.14 bits per heavy atom. The molecule has 2 aromatic rings. The van der Waals surface area contributed by atoms with E-state index in [-0.39, 0.29) is 45.7 Å². The number of hydrogen-bond acceptors (Lipinski definition) is 9. The van der Waals surface area contributed by atoms with E-state index in [1.165, 1.54) is 9.80 Å². The first kappa shape index (κ1) is 28.2. The number of benzene rings is 2. The number of rotatable bonds is 17. The molecular weight excluding hydrogens is 476 g/mol. The summed E-state index contributed by atoms with van der Waals surface area (Å²) in [6.07, 6.45) is -2.14. The highest BCUT2D eigenvalue weighted by molar-refractivity contribution is 5.76. The Hall–Kier alpha value is -4.03. The van der Waals surface area contributed by atoms with Gasteiger partial charge in [0.05, 0.1) is 30.8 Å². The number of aliphatic hydroxyl groups is 2. The number of nitrogens with zero attached hydrogens (tertiary/aromatic N) is 2. The molecule has 12 heteroatoms. The SMILES string of the molecule is O=C(O)CCN(CC(=O)O)c1ccccc1OCCOc1ccccc1N(CCC(=O)O)CC(O)O. The Kier molecular flexibility index (Phi) is 11.3. The van der Waals surface area contributed by atoms with E-state index in [4.69, 9.17) is 19.7 Å². The molecule has 0 spiro atoms. The van der Waals surface area contributed by atoms with Crippen molar-refractivity contribution >= 4 is 29.3 Å². The summed E-state index contributed by atoms with van der Waals surface area (Å²) in [5.41, 5.74) is 0.909. The van der Waals surface area contributed by atoms with Crippen molar-refractivity contribution in [1.29, 1.82) is 0 Å². The summed E-state index contributed by atoms with van der Waals surface area (Å²) in [5.74, 6) is -2.46. The topological polar surface area (TPSA) is 177 Å². The van der Waals surface area contributed by atoms with Crippen molar-refractivity contribution in [3.8, 4) is 11.5 Å². The van der Waals surface area contributed by atoms with Gasteiger partial charge >= 0.3 is 17.9 Å². The van der Waals surface area contributed by atoms with Crippen LogP contribution in [-0.4, -0.2) is 89.1 Å². The van der Waals surface area contributed by atoms with Gasteiger partial charge in [0.2, 0.25) is 0 Å². The van der Waals surface area contributed by atoms with Gasteiger partial charge in [0.25, 0.3) is 0 Å². The van der Waals surface area contributed by atoms with Gasteiger partial charge in [-0.15, -0.1) is 0 Å². The molecule has 5 N–H and O–H groups in total. The molecule has 0 saturated heterocycles. The first-order valence-electron chi connectivity index (χ1n) is 11.1. The molecule has 36 heavy (non-hydrogen) atoms. The number of aliphatic carboxylic acids is 3. The number of carbonyl (C=O) groups is 3. The Morgan fingerprint density at radius 1 is 0.694 bits per heavy atom. The van der Waals surface area contributed by atoms with Crippen molar-refractivity contribution in [2.45, 2.75) is 19.1 Å². The van der Waals surface area contributed by atoms with Crippen molar-refractivity contribution in [3.05, 3.63) is 48.5 Å². The van der Waals surface area contributed by atoms with E-state index in [1.54, 1.807) is 48.5 Å². The van der Waals surface area contributed by atoms with E-state index in [0.717, 1.165) is 0 Å². The summed E-state index contributed by atoms with van der Waals surface area (Å²) in [5, 5.41) is 46.0. The van der Waals surface area contributed by atoms with Crippen LogP contribution in [-0.2, 0) is 14.4 Å². The molecule has 0 unspecified atom stereocenters. The molecule has 0 saturated carbocycles. The molecule has 0 aliphatic rings. The minimum Gasteiger partial charge on any atom is -0.488 e. The third-order valence-corrected chi connectivity index (χ3v) is 4.91. The lowest BCUT2D eigenvalue weighted by Crippen LogP contribution is -2.34. The smallest absolute Gasteiger partial charge is 0.323 e. The predicted octanol–water partition coefficient (Wildman–Crippen LogP) is 1.10. The normalized spacial score (nSPS) is 10.6. The zero-order valence-corrected chi connectivity index (χ0v) is 19.5. The molecule has 0 atom stereocenters. The molecule has 0 bridgehead atoms. The van der Waals surface area contributed by atoms with Crippen LogP contribution in [0, 0.1) is 0 Å². The van der Waals surface area contributed by atoms with Crippen LogP contribution in [0.15, 0.2) is 48.5 Å². The lowest BCUT2D eigenvalue weighted by Gasteiger charge is -2.27. The third-order valence-electron chi connectivity index (χ3n) is 4.91. The second kappa shape index (κ2) is 14.4. The summed E-state index contributed by atoms with van der Waals surface area (Å²) < 4.78 is 11.6. The molecule has 0 aromatic heterocycles. The maximum Gasteiger partial charge on any atom is 0.323 e. The van der Waals surface area contributed by atoms with Gasteiger partial charge in [-0.05, 0) is 24.3 Å². The number of aliphatic hydroxyl groups excluding tert-OH is 1. The molecule has 2 aromatic carbocycles. The molecule has 196 valence electrons. The van der Waals surface area contributed by atoms with Crippen LogP contribution in [0.3, 0.4) is 0 Å². The zero-order chi connectivity index (χ0) is 26.5. The van der Waals surface area contributed by atoms with Crippen molar-refractivity contribution in [3.63, 3.8) is 0 Å². The summed E-state index contributed by atoms with van der Waals surface area (Å²) in [4.78, 5) is 36.2. The van der Waals surface area contributed by atoms with Crippen LogP contribution in [0.4, 0.5) is 11.4 Å². The molecule has 0 heterocycles. The van der Waals surface area contributed by atoms with E-state index >= 15 is 0 Å². The lowest BCUT2D eigenvalue weighted by atomic mass is 10.2. The Balaban J connectivity index is 2.08. The van der Waals surface area contributed by atoms with Crippen molar-refractivity contribution in [2.24, 2.45) is 0 Å².